The first-order valence-electron chi connectivity index (χ1n) is 9.06. The van der Waals surface area contributed by atoms with E-state index in [4.69, 9.17) is 9.47 Å². The van der Waals surface area contributed by atoms with Gasteiger partial charge in [0.2, 0.25) is 0 Å². The van der Waals surface area contributed by atoms with Crippen LogP contribution in [-0.2, 0) is 0 Å². The van der Waals surface area contributed by atoms with Crippen molar-refractivity contribution in [1.82, 2.24) is 15.3 Å². The van der Waals surface area contributed by atoms with E-state index < -0.39 is 11.6 Å². The molecule has 6 nitrogen and oxygen atoms in total. The number of nitrogens with one attached hydrogen (secondary N) is 2. The van der Waals surface area contributed by atoms with Gasteiger partial charge in [-0.1, -0.05) is 0 Å². The molecule has 2 heterocycles. The minimum absolute atomic E-state index is 0.0971. The number of piperidine rings is 1. The summed E-state index contributed by atoms with van der Waals surface area (Å²) in [4.78, 5) is 8.53. The zero-order chi connectivity index (χ0) is 19.5. The summed E-state index contributed by atoms with van der Waals surface area (Å²) in [7, 11) is 1.58. The van der Waals surface area contributed by atoms with Crippen molar-refractivity contribution in [3.63, 3.8) is 0 Å². The van der Waals surface area contributed by atoms with Crippen molar-refractivity contribution in [2.45, 2.75) is 18.9 Å². The van der Waals surface area contributed by atoms with Crippen LogP contribution in [0.15, 0.2) is 36.7 Å². The molecule has 0 amide bonds. The zero-order valence-electron chi connectivity index (χ0n) is 15.3. The van der Waals surface area contributed by atoms with Crippen LogP contribution in [0.1, 0.15) is 12.8 Å². The van der Waals surface area contributed by atoms with Crippen LogP contribution < -0.4 is 20.1 Å². The standard InChI is InChI=1S/C20H20F2N4O2/c1-27-18-10-17-14(9-19(18)28-13-4-6-23-7-5-13)20(25-11-24-17)26-12-2-3-15(21)16(22)8-12/h2-3,8-11,13,23H,4-7H2,1H3,(H,24,25,26). The van der Waals surface area contributed by atoms with Crippen LogP contribution in [0.4, 0.5) is 20.3 Å². The maximum atomic E-state index is 13.5. The van der Waals surface area contributed by atoms with Crippen molar-refractivity contribution < 1.29 is 18.3 Å². The number of halogens is 2. The summed E-state index contributed by atoms with van der Waals surface area (Å²) in [5, 5.41) is 7.02. The number of benzene rings is 2. The molecular formula is C20H20F2N4O2. The maximum Gasteiger partial charge on any atom is 0.162 e. The van der Waals surface area contributed by atoms with Crippen LogP contribution in [0, 0.1) is 11.6 Å². The molecule has 1 fully saturated rings. The summed E-state index contributed by atoms with van der Waals surface area (Å²) < 4.78 is 38.4. The highest BCUT2D eigenvalue weighted by Crippen LogP contribution is 2.36. The fraction of sp³-hybridized carbons (Fsp3) is 0.300. The van der Waals surface area contributed by atoms with Crippen LogP contribution in [0.2, 0.25) is 0 Å². The topological polar surface area (TPSA) is 68.3 Å². The molecular weight excluding hydrogens is 366 g/mol. The van der Waals surface area contributed by atoms with Crippen LogP contribution in [0.5, 0.6) is 11.5 Å². The first-order valence-corrected chi connectivity index (χ1v) is 9.06. The van der Waals surface area contributed by atoms with E-state index in [1.807, 2.05) is 6.07 Å². The molecule has 1 aliphatic heterocycles. The molecule has 0 unspecified atom stereocenters. The minimum atomic E-state index is -0.931. The van der Waals surface area contributed by atoms with Gasteiger partial charge in [-0.25, -0.2) is 18.7 Å². The van der Waals surface area contributed by atoms with E-state index in [1.54, 1.807) is 13.2 Å². The lowest BCUT2D eigenvalue weighted by molar-refractivity contribution is 0.157. The van der Waals surface area contributed by atoms with Crippen molar-refractivity contribution in [2.24, 2.45) is 0 Å². The fourth-order valence-electron chi connectivity index (χ4n) is 3.22. The van der Waals surface area contributed by atoms with E-state index in [0.717, 1.165) is 38.1 Å². The van der Waals surface area contributed by atoms with Gasteiger partial charge in [-0.05, 0) is 44.1 Å². The third-order valence-corrected chi connectivity index (χ3v) is 4.68. The lowest BCUT2D eigenvalue weighted by Crippen LogP contribution is -2.34. The first-order chi connectivity index (χ1) is 13.6. The molecule has 1 aliphatic rings. The Bertz CT molecular complexity index is 993. The number of rotatable bonds is 5. The van der Waals surface area contributed by atoms with Crippen molar-refractivity contribution in [3.05, 3.63) is 48.3 Å². The second-order valence-corrected chi connectivity index (χ2v) is 6.56. The monoisotopic (exact) mass is 386 g/mol. The summed E-state index contributed by atoms with van der Waals surface area (Å²) in [6.45, 7) is 1.82. The average Bonchev–Trinajstić information content (AvgIpc) is 2.71. The van der Waals surface area contributed by atoms with E-state index in [0.29, 0.717) is 33.9 Å². The average molecular weight is 386 g/mol. The van der Waals surface area contributed by atoms with Gasteiger partial charge in [-0.2, -0.15) is 0 Å². The van der Waals surface area contributed by atoms with Crippen molar-refractivity contribution >= 4 is 22.4 Å². The normalized spacial score (nSPS) is 14.8. The van der Waals surface area contributed by atoms with Gasteiger partial charge >= 0.3 is 0 Å². The van der Waals surface area contributed by atoms with Crippen LogP contribution >= 0.6 is 0 Å². The number of fused-ring (bicyclic) bond motifs is 1. The lowest BCUT2D eigenvalue weighted by atomic mass is 10.1. The van der Waals surface area contributed by atoms with Gasteiger partial charge in [0.15, 0.2) is 23.1 Å². The number of hydrogen-bond acceptors (Lipinski definition) is 6. The molecule has 2 N–H and O–H groups in total. The Balaban J connectivity index is 1.70. The Morgan fingerprint density at radius 1 is 1.04 bits per heavy atom. The van der Waals surface area contributed by atoms with Gasteiger partial charge in [-0.3, -0.25) is 0 Å². The lowest BCUT2D eigenvalue weighted by Gasteiger charge is -2.25. The van der Waals surface area contributed by atoms with Crippen molar-refractivity contribution in [3.8, 4) is 11.5 Å². The molecule has 2 aromatic carbocycles. The molecule has 0 aliphatic carbocycles. The molecule has 0 saturated carbocycles. The smallest absolute Gasteiger partial charge is 0.162 e. The number of hydrogen-bond donors (Lipinski definition) is 2. The number of nitrogens with zero attached hydrogens (tertiary/aromatic N) is 2. The highest BCUT2D eigenvalue weighted by Gasteiger charge is 2.18. The van der Waals surface area contributed by atoms with Gasteiger partial charge < -0.3 is 20.1 Å². The summed E-state index contributed by atoms with van der Waals surface area (Å²) in [6.07, 6.45) is 3.32. The SMILES string of the molecule is COc1cc2ncnc(Nc3ccc(F)c(F)c3)c2cc1OC1CCNCC1. The Morgan fingerprint density at radius 2 is 1.86 bits per heavy atom. The van der Waals surface area contributed by atoms with E-state index >= 15 is 0 Å². The van der Waals surface area contributed by atoms with Crippen LogP contribution in [0.25, 0.3) is 10.9 Å². The van der Waals surface area contributed by atoms with E-state index in [9.17, 15) is 8.78 Å². The molecule has 0 radical (unpaired) electrons. The quantitative estimate of drug-likeness (QED) is 0.695. The predicted octanol–water partition coefficient (Wildman–Crippen LogP) is 3.79. The van der Waals surface area contributed by atoms with Crippen molar-refractivity contribution in [2.75, 3.05) is 25.5 Å². The molecule has 28 heavy (non-hydrogen) atoms. The fourth-order valence-corrected chi connectivity index (χ4v) is 3.22. The van der Waals surface area contributed by atoms with Gasteiger partial charge in [0.05, 0.1) is 12.6 Å². The van der Waals surface area contributed by atoms with E-state index in [2.05, 4.69) is 20.6 Å². The molecule has 146 valence electrons. The van der Waals surface area contributed by atoms with Gasteiger partial charge in [0.25, 0.3) is 0 Å². The highest BCUT2D eigenvalue weighted by atomic mass is 19.2. The summed E-state index contributed by atoms with van der Waals surface area (Å²) in [6, 6.07) is 7.19. The molecule has 4 rings (SSSR count). The largest absolute Gasteiger partial charge is 0.493 e. The van der Waals surface area contributed by atoms with E-state index in [-0.39, 0.29) is 6.10 Å². The molecule has 8 heteroatoms. The number of anilines is 2. The summed E-state index contributed by atoms with van der Waals surface area (Å²) in [5.41, 5.74) is 1.03. The predicted molar refractivity (Wildman–Crippen MR) is 102 cm³/mol. The van der Waals surface area contributed by atoms with Crippen LogP contribution in [-0.4, -0.2) is 36.3 Å². The highest BCUT2D eigenvalue weighted by molar-refractivity contribution is 5.93. The zero-order valence-corrected chi connectivity index (χ0v) is 15.3. The molecule has 3 aromatic rings. The second kappa shape index (κ2) is 7.93. The van der Waals surface area contributed by atoms with Gasteiger partial charge in [0.1, 0.15) is 18.2 Å². The summed E-state index contributed by atoms with van der Waals surface area (Å²) in [5.74, 6) is -0.178. The Kier molecular flexibility index (Phi) is 5.21. The summed E-state index contributed by atoms with van der Waals surface area (Å²) >= 11 is 0. The molecule has 0 spiro atoms. The van der Waals surface area contributed by atoms with Gasteiger partial charge in [-0.15, -0.1) is 0 Å². The van der Waals surface area contributed by atoms with E-state index in [1.165, 1.54) is 12.4 Å². The van der Waals surface area contributed by atoms with Gasteiger partial charge in [0, 0.05) is 23.2 Å². The third-order valence-electron chi connectivity index (χ3n) is 4.68. The Morgan fingerprint density at radius 3 is 2.61 bits per heavy atom. The molecule has 0 bridgehead atoms. The second-order valence-electron chi connectivity index (χ2n) is 6.56. The minimum Gasteiger partial charge on any atom is -0.493 e. The maximum absolute atomic E-state index is 13.5. The Labute approximate surface area is 160 Å². The number of ether oxygens (including phenoxy) is 2. The molecule has 1 aromatic heterocycles. The molecule has 0 atom stereocenters. The van der Waals surface area contributed by atoms with Crippen molar-refractivity contribution in [1.29, 1.82) is 0 Å². The number of methoxy groups -OCH3 is 1. The third kappa shape index (κ3) is 3.82. The Hall–Kier alpha value is -3.00. The number of aromatic nitrogens is 2. The first kappa shape index (κ1) is 18.4. The molecule has 1 saturated heterocycles. The van der Waals surface area contributed by atoms with Crippen LogP contribution in [0.3, 0.4) is 0 Å².